The van der Waals surface area contributed by atoms with E-state index in [1.54, 1.807) is 12.3 Å². The second-order valence-electron chi connectivity index (χ2n) is 6.02. The summed E-state index contributed by atoms with van der Waals surface area (Å²) in [5.41, 5.74) is 8.09. The molecular formula is C19H20N4O3S. The number of amides is 2. The van der Waals surface area contributed by atoms with Crippen LogP contribution in [-0.4, -0.2) is 28.4 Å². The van der Waals surface area contributed by atoms with Crippen LogP contribution in [0.3, 0.4) is 0 Å². The minimum atomic E-state index is -0.530. The molecule has 4 N–H and O–H groups in total. The van der Waals surface area contributed by atoms with Gasteiger partial charge in [0.05, 0.1) is 12.3 Å². The summed E-state index contributed by atoms with van der Waals surface area (Å²) in [5, 5.41) is 5.10. The van der Waals surface area contributed by atoms with Crippen LogP contribution in [-0.2, 0) is 4.79 Å². The fraction of sp³-hybridized carbons (Fsp3) is 0.211. The van der Waals surface area contributed by atoms with Gasteiger partial charge in [-0.2, -0.15) is 0 Å². The lowest BCUT2D eigenvalue weighted by atomic mass is 10.2. The monoisotopic (exact) mass is 384 g/mol. The van der Waals surface area contributed by atoms with Crippen LogP contribution in [0.1, 0.15) is 28.9 Å². The van der Waals surface area contributed by atoms with Crippen LogP contribution < -0.4 is 15.8 Å². The molecule has 0 fully saturated rings. The number of thiazole rings is 1. The lowest BCUT2D eigenvalue weighted by Gasteiger charge is -2.06. The first kappa shape index (κ1) is 18.7. The number of aryl methyl sites for hydroxylation is 1. The largest absolute Gasteiger partial charge is 0.494 e. The van der Waals surface area contributed by atoms with Gasteiger partial charge in [0, 0.05) is 23.6 Å². The third-order valence-electron chi connectivity index (χ3n) is 3.80. The Bertz CT molecular complexity index is 948. The highest BCUT2D eigenvalue weighted by Crippen LogP contribution is 2.25. The lowest BCUT2D eigenvalue weighted by Crippen LogP contribution is -2.12. The minimum absolute atomic E-state index is 0.115. The van der Waals surface area contributed by atoms with Crippen LogP contribution in [0.2, 0.25) is 0 Å². The molecule has 0 bridgehead atoms. The van der Waals surface area contributed by atoms with Crippen LogP contribution in [0.15, 0.2) is 41.9 Å². The number of nitrogens with two attached hydrogens (primary N) is 1. The van der Waals surface area contributed by atoms with Gasteiger partial charge in [0.15, 0.2) is 5.13 Å². The summed E-state index contributed by atoms with van der Waals surface area (Å²) < 4.78 is 5.64. The van der Waals surface area contributed by atoms with Crippen molar-refractivity contribution in [3.8, 4) is 17.0 Å². The molecule has 8 heteroatoms. The Morgan fingerprint density at radius 1 is 1.33 bits per heavy atom. The normalized spacial score (nSPS) is 10.6. The third kappa shape index (κ3) is 5.18. The maximum Gasteiger partial charge on any atom is 0.265 e. The molecule has 1 aromatic carbocycles. The molecular weight excluding hydrogens is 364 g/mol. The highest BCUT2D eigenvalue weighted by Gasteiger charge is 2.11. The van der Waals surface area contributed by atoms with E-state index < -0.39 is 5.91 Å². The number of nitrogens with one attached hydrogen (secondary N) is 2. The van der Waals surface area contributed by atoms with Crippen molar-refractivity contribution in [2.45, 2.75) is 19.8 Å². The van der Waals surface area contributed by atoms with E-state index in [-0.39, 0.29) is 5.91 Å². The van der Waals surface area contributed by atoms with Crippen molar-refractivity contribution in [3.05, 3.63) is 53.2 Å². The van der Waals surface area contributed by atoms with Crippen LogP contribution in [0.5, 0.6) is 5.75 Å². The number of benzene rings is 1. The fourth-order valence-corrected chi connectivity index (χ4v) is 3.19. The van der Waals surface area contributed by atoms with Gasteiger partial charge in [-0.05, 0) is 37.1 Å². The molecule has 0 spiro atoms. The number of carbonyl (C=O) groups is 2. The Balaban J connectivity index is 1.45. The molecule has 3 aromatic rings. The standard InChI is InChI=1S/C19H20N4O3S/c1-12-4-2-5-14(8-12)26-7-3-6-17(24)23-19-22-16(11-27-19)13-9-15(18(20)25)21-10-13/h2,4-5,8-11,21H,3,6-7H2,1H3,(H2,20,25)(H,22,23,24). The van der Waals surface area contributed by atoms with E-state index in [0.29, 0.717) is 36.0 Å². The van der Waals surface area contributed by atoms with Crippen molar-refractivity contribution < 1.29 is 14.3 Å². The number of ether oxygens (including phenoxy) is 1. The third-order valence-corrected chi connectivity index (χ3v) is 4.56. The Kier molecular flexibility index (Phi) is 5.87. The van der Waals surface area contributed by atoms with Gasteiger partial charge >= 0.3 is 0 Å². The number of nitrogens with zero attached hydrogens (tertiary/aromatic N) is 1. The van der Waals surface area contributed by atoms with Gasteiger partial charge in [0.1, 0.15) is 11.4 Å². The lowest BCUT2D eigenvalue weighted by molar-refractivity contribution is -0.116. The van der Waals surface area contributed by atoms with Crippen LogP contribution in [0.25, 0.3) is 11.3 Å². The summed E-state index contributed by atoms with van der Waals surface area (Å²) in [6.45, 7) is 2.48. The molecule has 0 saturated carbocycles. The summed E-state index contributed by atoms with van der Waals surface area (Å²) in [6.07, 6.45) is 2.61. The number of rotatable bonds is 8. The molecule has 3 rings (SSSR count). The van der Waals surface area contributed by atoms with Crippen LogP contribution in [0, 0.1) is 6.92 Å². The number of carbonyl (C=O) groups excluding carboxylic acids is 2. The number of aromatic nitrogens is 2. The van der Waals surface area contributed by atoms with Crippen molar-refractivity contribution in [1.29, 1.82) is 0 Å². The van der Waals surface area contributed by atoms with E-state index in [4.69, 9.17) is 10.5 Å². The van der Waals surface area contributed by atoms with Crippen molar-refractivity contribution in [2.75, 3.05) is 11.9 Å². The number of hydrogen-bond acceptors (Lipinski definition) is 5. The van der Waals surface area contributed by atoms with Gasteiger partial charge in [-0.1, -0.05) is 12.1 Å². The summed E-state index contributed by atoms with van der Waals surface area (Å²) in [7, 11) is 0. The molecule has 2 heterocycles. The van der Waals surface area contributed by atoms with Crippen molar-refractivity contribution in [3.63, 3.8) is 0 Å². The van der Waals surface area contributed by atoms with E-state index in [1.165, 1.54) is 11.3 Å². The molecule has 2 aromatic heterocycles. The van der Waals surface area contributed by atoms with Gasteiger partial charge in [-0.15, -0.1) is 11.3 Å². The van der Waals surface area contributed by atoms with E-state index in [0.717, 1.165) is 16.9 Å². The Morgan fingerprint density at radius 3 is 2.93 bits per heavy atom. The van der Waals surface area contributed by atoms with E-state index >= 15 is 0 Å². The van der Waals surface area contributed by atoms with Crippen molar-refractivity contribution >= 4 is 28.3 Å². The van der Waals surface area contributed by atoms with Crippen LogP contribution in [0.4, 0.5) is 5.13 Å². The Morgan fingerprint density at radius 2 is 2.19 bits per heavy atom. The first-order chi connectivity index (χ1) is 13.0. The second kappa shape index (κ2) is 8.50. The van der Waals surface area contributed by atoms with Crippen molar-refractivity contribution in [2.24, 2.45) is 5.73 Å². The van der Waals surface area contributed by atoms with Crippen molar-refractivity contribution in [1.82, 2.24) is 9.97 Å². The second-order valence-corrected chi connectivity index (χ2v) is 6.88. The number of aromatic amines is 1. The van der Waals surface area contributed by atoms with E-state index in [9.17, 15) is 9.59 Å². The highest BCUT2D eigenvalue weighted by atomic mass is 32.1. The van der Waals surface area contributed by atoms with E-state index in [2.05, 4.69) is 15.3 Å². The Labute approximate surface area is 160 Å². The zero-order chi connectivity index (χ0) is 19.2. The summed E-state index contributed by atoms with van der Waals surface area (Å²) in [5.74, 6) is 0.162. The van der Waals surface area contributed by atoms with Gasteiger partial charge < -0.3 is 20.8 Å². The van der Waals surface area contributed by atoms with Gasteiger partial charge in [-0.25, -0.2) is 4.98 Å². The average Bonchev–Trinajstić information content (AvgIpc) is 3.28. The zero-order valence-corrected chi connectivity index (χ0v) is 15.6. The van der Waals surface area contributed by atoms with Crippen LogP contribution >= 0.6 is 11.3 Å². The topological polar surface area (TPSA) is 110 Å². The molecule has 0 unspecified atom stereocenters. The molecule has 7 nitrogen and oxygen atoms in total. The molecule has 2 amide bonds. The minimum Gasteiger partial charge on any atom is -0.494 e. The SMILES string of the molecule is Cc1cccc(OCCCC(=O)Nc2nc(-c3c[nH]c(C(N)=O)c3)cs2)c1. The quantitative estimate of drug-likeness (QED) is 0.517. The summed E-state index contributed by atoms with van der Waals surface area (Å²) in [4.78, 5) is 30.3. The van der Waals surface area contributed by atoms with Gasteiger partial charge in [0.25, 0.3) is 5.91 Å². The van der Waals surface area contributed by atoms with Gasteiger partial charge in [-0.3, -0.25) is 9.59 Å². The molecule has 0 saturated heterocycles. The molecule has 27 heavy (non-hydrogen) atoms. The predicted octanol–water partition coefficient (Wildman–Crippen LogP) is 3.34. The first-order valence-electron chi connectivity index (χ1n) is 8.45. The smallest absolute Gasteiger partial charge is 0.265 e. The van der Waals surface area contributed by atoms with E-state index in [1.807, 2.05) is 36.6 Å². The molecule has 0 radical (unpaired) electrons. The summed E-state index contributed by atoms with van der Waals surface area (Å²) in [6, 6.07) is 9.43. The number of primary amides is 1. The number of H-pyrrole nitrogens is 1. The molecule has 0 aliphatic rings. The average molecular weight is 384 g/mol. The molecule has 0 aliphatic heterocycles. The maximum atomic E-state index is 12.0. The highest BCUT2D eigenvalue weighted by molar-refractivity contribution is 7.14. The maximum absolute atomic E-state index is 12.0. The molecule has 0 aliphatic carbocycles. The predicted molar refractivity (Wildman–Crippen MR) is 105 cm³/mol. The molecule has 140 valence electrons. The summed E-state index contributed by atoms with van der Waals surface area (Å²) >= 11 is 1.32. The first-order valence-corrected chi connectivity index (χ1v) is 9.32. The number of anilines is 1. The zero-order valence-electron chi connectivity index (χ0n) is 14.8. The number of hydrogen-bond donors (Lipinski definition) is 3. The Hall–Kier alpha value is -3.13. The fourth-order valence-electron chi connectivity index (χ4n) is 2.46. The van der Waals surface area contributed by atoms with Gasteiger partial charge in [0.2, 0.25) is 5.91 Å². The molecule has 0 atom stereocenters.